The summed E-state index contributed by atoms with van der Waals surface area (Å²) >= 11 is 0. The van der Waals surface area contributed by atoms with Crippen LogP contribution in [0.3, 0.4) is 0 Å². The second-order valence-electron chi connectivity index (χ2n) is 7.60. The van der Waals surface area contributed by atoms with Gasteiger partial charge in [-0.15, -0.1) is 0 Å². The molecule has 0 aliphatic carbocycles. The van der Waals surface area contributed by atoms with Crippen molar-refractivity contribution >= 4 is 17.7 Å². The van der Waals surface area contributed by atoms with E-state index in [-0.39, 0.29) is 29.3 Å². The number of ether oxygens (including phenoxy) is 2. The molecule has 0 unspecified atom stereocenters. The third-order valence-corrected chi connectivity index (χ3v) is 4.85. The number of aliphatic carboxylic acids is 1. The number of diazo groups is 1. The van der Waals surface area contributed by atoms with E-state index in [1.54, 1.807) is 50.3 Å². The Bertz CT molecular complexity index is 1180. The number of carbonyl (C=O) groups is 1. The summed E-state index contributed by atoms with van der Waals surface area (Å²) in [6.45, 7) is 18.5. The predicted octanol–water partition coefficient (Wildman–Crippen LogP) is 5.84. The third kappa shape index (κ3) is 6.20. The Kier molecular flexibility index (Phi) is 8.33. The molecule has 0 bridgehead atoms. The van der Waals surface area contributed by atoms with E-state index in [9.17, 15) is 15.4 Å². The van der Waals surface area contributed by atoms with E-state index in [1.807, 2.05) is 0 Å². The van der Waals surface area contributed by atoms with Gasteiger partial charge in [0.2, 0.25) is 16.8 Å². The van der Waals surface area contributed by atoms with Crippen LogP contribution < -0.4 is 4.74 Å². The molecule has 1 aliphatic rings. The minimum atomic E-state index is -0.909. The van der Waals surface area contributed by atoms with Crippen LogP contribution >= 0.6 is 0 Å². The molecule has 0 amide bonds. The molecular weight excluding hydrogens is 422 g/mol. The third-order valence-electron chi connectivity index (χ3n) is 4.85. The molecule has 0 spiro atoms. The van der Waals surface area contributed by atoms with Crippen LogP contribution in [0.1, 0.15) is 45.1 Å². The topological polar surface area (TPSA) is 116 Å². The number of nitrogens with zero attached hydrogens (tertiary/aromatic N) is 5. The van der Waals surface area contributed by atoms with Crippen molar-refractivity contribution in [3.8, 4) is 11.8 Å². The molecule has 0 aromatic heterocycles. The molecule has 1 N–H and O–H groups in total. The Morgan fingerprint density at radius 2 is 2.03 bits per heavy atom. The van der Waals surface area contributed by atoms with Gasteiger partial charge in [-0.2, -0.15) is 0 Å². The summed E-state index contributed by atoms with van der Waals surface area (Å²) in [7, 11) is 0. The van der Waals surface area contributed by atoms with Crippen LogP contribution in [-0.4, -0.2) is 23.3 Å². The van der Waals surface area contributed by atoms with Crippen molar-refractivity contribution in [1.82, 2.24) is 0 Å². The maximum Gasteiger partial charge on any atom is 0.426 e. The van der Waals surface area contributed by atoms with Crippen LogP contribution in [0.4, 0.5) is 5.69 Å². The maximum atomic E-state index is 10.6. The normalized spacial score (nSPS) is 15.7. The molecule has 0 atom stereocenters. The minimum Gasteiger partial charge on any atom is -0.505 e. The lowest BCUT2D eigenvalue weighted by molar-refractivity contribution is -0.137. The number of carboxylic acid groups (broad SMARTS) is 1. The van der Waals surface area contributed by atoms with Gasteiger partial charge in [0.25, 0.3) is 5.70 Å². The highest BCUT2D eigenvalue weighted by atomic mass is 16.5. The summed E-state index contributed by atoms with van der Waals surface area (Å²) in [4.78, 5) is 20.4. The second-order valence-corrected chi connectivity index (χ2v) is 7.60. The Hall–Kier alpha value is -4.60. The molecule has 1 aliphatic heterocycles. The van der Waals surface area contributed by atoms with Crippen molar-refractivity contribution in [3.63, 3.8) is 0 Å². The lowest BCUT2D eigenvalue weighted by atomic mass is 9.96. The molecular formula is C24H22N5O4+. The molecule has 1 aromatic rings. The molecule has 1 aromatic carbocycles. The molecule has 9 heteroatoms. The highest BCUT2D eigenvalue weighted by Gasteiger charge is 2.38. The number of hydrogen-bond donors (Lipinski definition) is 1. The minimum absolute atomic E-state index is 0.0199. The van der Waals surface area contributed by atoms with Gasteiger partial charge in [-0.1, -0.05) is 12.2 Å². The molecule has 0 saturated heterocycles. The van der Waals surface area contributed by atoms with E-state index < -0.39 is 11.6 Å². The van der Waals surface area contributed by atoms with Gasteiger partial charge in [0, 0.05) is 18.1 Å². The summed E-state index contributed by atoms with van der Waals surface area (Å²) in [5.41, 5.74) is 0.423. The van der Waals surface area contributed by atoms with Gasteiger partial charge < -0.3 is 14.6 Å². The highest BCUT2D eigenvalue weighted by Crippen LogP contribution is 2.41. The number of nitriles is 1. The Balaban J connectivity index is 2.25. The first-order valence-corrected chi connectivity index (χ1v) is 10.1. The fourth-order valence-corrected chi connectivity index (χ4v) is 3.19. The maximum absolute atomic E-state index is 10.6. The van der Waals surface area contributed by atoms with Crippen molar-refractivity contribution in [3.05, 3.63) is 80.4 Å². The van der Waals surface area contributed by atoms with Crippen molar-refractivity contribution in [2.24, 2.45) is 0 Å². The predicted molar refractivity (Wildman–Crippen MR) is 120 cm³/mol. The number of unbranched alkanes of at least 4 members (excludes halogenated alkanes) is 2. The number of hydrogen-bond acceptors (Lipinski definition) is 5. The van der Waals surface area contributed by atoms with E-state index in [4.69, 9.17) is 27.7 Å². The van der Waals surface area contributed by atoms with Crippen molar-refractivity contribution in [1.29, 1.82) is 10.7 Å². The van der Waals surface area contributed by atoms with E-state index in [2.05, 4.69) is 14.7 Å². The summed E-state index contributed by atoms with van der Waals surface area (Å²) in [5, 5.41) is 27.1. The fourth-order valence-electron chi connectivity index (χ4n) is 3.19. The molecule has 0 saturated carbocycles. The van der Waals surface area contributed by atoms with Crippen molar-refractivity contribution < 1.29 is 19.4 Å². The molecule has 33 heavy (non-hydrogen) atoms. The van der Waals surface area contributed by atoms with Crippen LogP contribution in [0.2, 0.25) is 0 Å². The van der Waals surface area contributed by atoms with E-state index in [1.165, 1.54) is 0 Å². The SMILES string of the molecule is [C-]#[N+]C1=C(/C=C/c2ccc([N+]#N)c(OCCCCCC(=O)O)c2)C(C)(C)O/C1=C(\C#N)[N+]#[C-]. The Morgan fingerprint density at radius 1 is 1.27 bits per heavy atom. The van der Waals surface area contributed by atoms with Gasteiger partial charge in [0.05, 0.1) is 25.8 Å². The molecule has 166 valence electrons. The fraction of sp³-hybridized carbons (Fsp3) is 0.333. The van der Waals surface area contributed by atoms with Gasteiger partial charge >= 0.3 is 11.7 Å². The number of benzene rings is 1. The van der Waals surface area contributed by atoms with Gasteiger partial charge in [0.15, 0.2) is 4.98 Å². The standard InChI is InChI=1S/C24H21N5O4/c1-24(2)17(22(28-4)23(33-24)19(15-25)27-3)11-9-16-10-12-18(29-26)20(14-16)32-13-7-5-6-8-21(30)31/h9-12,14H,5-8,13H2,1-2H3/p+1/b11-9+,23-19+. The average molecular weight is 444 g/mol. The van der Waals surface area contributed by atoms with Crippen molar-refractivity contribution in [2.45, 2.75) is 45.1 Å². The van der Waals surface area contributed by atoms with E-state index >= 15 is 0 Å². The van der Waals surface area contributed by atoms with Crippen LogP contribution in [0.15, 0.2) is 47.0 Å². The molecule has 0 fully saturated rings. The average Bonchev–Trinajstić information content (AvgIpc) is 3.04. The van der Waals surface area contributed by atoms with Gasteiger partial charge in [-0.3, -0.25) is 4.79 Å². The Labute approximate surface area is 192 Å². The smallest absolute Gasteiger partial charge is 0.426 e. The summed E-state index contributed by atoms with van der Waals surface area (Å²) in [5.74, 6) is -0.488. The zero-order valence-electron chi connectivity index (χ0n) is 18.3. The highest BCUT2D eigenvalue weighted by molar-refractivity contribution is 5.67. The molecule has 0 radical (unpaired) electrons. The summed E-state index contributed by atoms with van der Waals surface area (Å²) in [6.07, 6.45) is 5.46. The zero-order valence-corrected chi connectivity index (χ0v) is 18.3. The van der Waals surface area contributed by atoms with E-state index in [0.717, 1.165) is 0 Å². The zero-order chi connectivity index (χ0) is 24.4. The van der Waals surface area contributed by atoms with Gasteiger partial charge in [-0.05, 0) is 50.8 Å². The first-order valence-electron chi connectivity index (χ1n) is 10.1. The van der Waals surface area contributed by atoms with Crippen LogP contribution in [0, 0.1) is 29.9 Å². The number of allylic oxidation sites excluding steroid dienone is 1. The monoisotopic (exact) mass is 444 g/mol. The first-order chi connectivity index (χ1) is 15.8. The van der Waals surface area contributed by atoms with Crippen molar-refractivity contribution in [2.75, 3.05) is 6.61 Å². The van der Waals surface area contributed by atoms with Crippen LogP contribution in [0.5, 0.6) is 5.75 Å². The van der Waals surface area contributed by atoms with Crippen LogP contribution in [0.25, 0.3) is 20.7 Å². The molecule has 1 heterocycles. The lowest BCUT2D eigenvalue weighted by Crippen LogP contribution is -2.20. The quantitative estimate of drug-likeness (QED) is 0.221. The first kappa shape index (κ1) is 24.7. The molecule has 2 rings (SSSR count). The van der Waals surface area contributed by atoms with E-state index in [0.29, 0.717) is 42.8 Å². The molecule has 9 nitrogen and oxygen atoms in total. The van der Waals surface area contributed by atoms with Gasteiger partial charge in [0.1, 0.15) is 11.4 Å². The summed E-state index contributed by atoms with van der Waals surface area (Å²) in [6, 6.07) is 6.74. The number of carboxylic acids is 1. The van der Waals surface area contributed by atoms with Gasteiger partial charge in [-0.25, -0.2) is 15.0 Å². The second kappa shape index (κ2) is 11.1. The number of rotatable bonds is 9. The largest absolute Gasteiger partial charge is 0.505 e. The lowest BCUT2D eigenvalue weighted by Gasteiger charge is -2.22. The Morgan fingerprint density at radius 3 is 2.64 bits per heavy atom. The summed E-state index contributed by atoms with van der Waals surface area (Å²) < 4.78 is 11.5. The van der Waals surface area contributed by atoms with Crippen LogP contribution in [-0.2, 0) is 9.53 Å².